The number of aromatic nitrogens is 4. The predicted octanol–water partition coefficient (Wildman–Crippen LogP) is 2.97. The second-order valence-electron chi connectivity index (χ2n) is 7.61. The Morgan fingerprint density at radius 3 is 2.52 bits per heavy atom. The number of hydrogen-bond acceptors (Lipinski definition) is 5. The second kappa shape index (κ2) is 8.43. The minimum atomic E-state index is 0.000830. The lowest BCUT2D eigenvalue weighted by Gasteiger charge is -2.34. The maximum absolute atomic E-state index is 13.5. The zero-order chi connectivity index (χ0) is 20.2. The molecule has 0 aliphatic carbocycles. The van der Waals surface area contributed by atoms with E-state index in [2.05, 4.69) is 39.0 Å². The standard InChI is InChI=1S/C22H26N6O/c1-17-3-5-20(6-4-17)28(16-18-13-25-26(2)15-18)22(29)19-7-11-27(12-8-19)21-14-23-9-10-24-21/h3-6,9-10,13-15,19H,7-8,11-12,16H2,1-2H3. The lowest BCUT2D eigenvalue weighted by atomic mass is 9.94. The van der Waals surface area contributed by atoms with Crippen molar-refractivity contribution in [1.29, 1.82) is 0 Å². The molecule has 1 saturated heterocycles. The second-order valence-corrected chi connectivity index (χ2v) is 7.61. The normalized spacial score (nSPS) is 14.8. The van der Waals surface area contributed by atoms with Gasteiger partial charge in [0.1, 0.15) is 5.82 Å². The summed E-state index contributed by atoms with van der Waals surface area (Å²) in [5.41, 5.74) is 3.14. The molecule has 1 aliphatic heterocycles. The summed E-state index contributed by atoms with van der Waals surface area (Å²) in [6, 6.07) is 8.15. The molecule has 3 heterocycles. The summed E-state index contributed by atoms with van der Waals surface area (Å²) in [4.78, 5) is 26.1. The number of amides is 1. The maximum Gasteiger partial charge on any atom is 0.230 e. The van der Waals surface area contributed by atoms with Crippen molar-refractivity contribution in [1.82, 2.24) is 19.7 Å². The van der Waals surface area contributed by atoms with Gasteiger partial charge in [0.25, 0.3) is 0 Å². The Morgan fingerprint density at radius 1 is 1.14 bits per heavy atom. The molecule has 1 aromatic carbocycles. The van der Waals surface area contributed by atoms with Gasteiger partial charge in [0.15, 0.2) is 0 Å². The third-order valence-electron chi connectivity index (χ3n) is 5.43. The van der Waals surface area contributed by atoms with Crippen LogP contribution in [0.4, 0.5) is 11.5 Å². The SMILES string of the molecule is Cc1ccc(N(Cc2cnn(C)c2)C(=O)C2CCN(c3cnccn3)CC2)cc1. The Bertz CT molecular complexity index is 945. The van der Waals surface area contributed by atoms with E-state index in [9.17, 15) is 4.79 Å². The number of carbonyl (C=O) groups is 1. The molecule has 2 aromatic heterocycles. The first kappa shape index (κ1) is 19.1. The molecule has 1 amide bonds. The molecule has 0 N–H and O–H groups in total. The van der Waals surface area contributed by atoms with Crippen molar-refractivity contribution in [2.75, 3.05) is 22.9 Å². The number of nitrogens with zero attached hydrogens (tertiary/aromatic N) is 6. The largest absolute Gasteiger partial charge is 0.355 e. The van der Waals surface area contributed by atoms with Crippen LogP contribution in [-0.4, -0.2) is 38.7 Å². The average molecular weight is 390 g/mol. The summed E-state index contributed by atoms with van der Waals surface area (Å²) < 4.78 is 1.77. The lowest BCUT2D eigenvalue weighted by molar-refractivity contribution is -0.123. The van der Waals surface area contributed by atoms with Crippen LogP contribution in [0.1, 0.15) is 24.0 Å². The maximum atomic E-state index is 13.5. The molecule has 0 spiro atoms. The monoisotopic (exact) mass is 390 g/mol. The minimum absolute atomic E-state index is 0.000830. The Balaban J connectivity index is 1.50. The van der Waals surface area contributed by atoms with E-state index in [-0.39, 0.29) is 11.8 Å². The fourth-order valence-corrected chi connectivity index (χ4v) is 3.79. The molecule has 0 bridgehead atoms. The third-order valence-corrected chi connectivity index (χ3v) is 5.43. The highest BCUT2D eigenvalue weighted by atomic mass is 16.2. The molecule has 0 saturated carbocycles. The number of aryl methyl sites for hydroxylation is 2. The highest BCUT2D eigenvalue weighted by Crippen LogP contribution is 2.27. The third kappa shape index (κ3) is 4.45. The number of anilines is 2. The Morgan fingerprint density at radius 2 is 1.90 bits per heavy atom. The van der Waals surface area contributed by atoms with Crippen molar-refractivity contribution in [3.05, 3.63) is 66.4 Å². The zero-order valence-electron chi connectivity index (χ0n) is 16.9. The smallest absolute Gasteiger partial charge is 0.230 e. The predicted molar refractivity (Wildman–Crippen MR) is 113 cm³/mol. The summed E-state index contributed by atoms with van der Waals surface area (Å²) >= 11 is 0. The lowest BCUT2D eigenvalue weighted by Crippen LogP contribution is -2.42. The number of piperidine rings is 1. The van der Waals surface area contributed by atoms with Crippen molar-refractivity contribution in [3.63, 3.8) is 0 Å². The van der Waals surface area contributed by atoms with Crippen molar-refractivity contribution in [3.8, 4) is 0 Å². The van der Waals surface area contributed by atoms with Crippen molar-refractivity contribution >= 4 is 17.4 Å². The van der Waals surface area contributed by atoms with E-state index in [1.165, 1.54) is 5.56 Å². The molecule has 0 atom stereocenters. The van der Waals surface area contributed by atoms with Gasteiger partial charge in [-0.2, -0.15) is 5.10 Å². The molecule has 0 unspecified atom stereocenters. The van der Waals surface area contributed by atoms with Gasteiger partial charge in [-0.15, -0.1) is 0 Å². The van der Waals surface area contributed by atoms with Crippen LogP contribution in [0.25, 0.3) is 0 Å². The molecule has 150 valence electrons. The zero-order valence-corrected chi connectivity index (χ0v) is 16.9. The summed E-state index contributed by atoms with van der Waals surface area (Å²) in [6.45, 7) is 4.20. The van der Waals surface area contributed by atoms with E-state index >= 15 is 0 Å². The van der Waals surface area contributed by atoms with Crippen LogP contribution in [-0.2, 0) is 18.4 Å². The number of benzene rings is 1. The fraction of sp³-hybridized carbons (Fsp3) is 0.364. The fourth-order valence-electron chi connectivity index (χ4n) is 3.79. The molecular weight excluding hydrogens is 364 g/mol. The van der Waals surface area contributed by atoms with Crippen molar-refractivity contribution in [2.45, 2.75) is 26.3 Å². The molecular formula is C22H26N6O. The van der Waals surface area contributed by atoms with Gasteiger partial charge in [-0.3, -0.25) is 14.5 Å². The van der Waals surface area contributed by atoms with Crippen LogP contribution in [0, 0.1) is 12.8 Å². The first-order valence-electron chi connectivity index (χ1n) is 9.96. The van der Waals surface area contributed by atoms with Gasteiger partial charge < -0.3 is 9.80 Å². The molecule has 1 fully saturated rings. The van der Waals surface area contributed by atoms with Gasteiger partial charge in [0.2, 0.25) is 5.91 Å². The van der Waals surface area contributed by atoms with Gasteiger partial charge in [0, 0.05) is 55.9 Å². The Hall–Kier alpha value is -3.22. The molecule has 1 aliphatic rings. The topological polar surface area (TPSA) is 67.2 Å². The van der Waals surface area contributed by atoms with Crippen LogP contribution < -0.4 is 9.80 Å². The molecule has 0 radical (unpaired) electrons. The van der Waals surface area contributed by atoms with Gasteiger partial charge in [-0.05, 0) is 31.9 Å². The van der Waals surface area contributed by atoms with Crippen LogP contribution in [0.3, 0.4) is 0 Å². The van der Waals surface area contributed by atoms with Crippen molar-refractivity contribution in [2.24, 2.45) is 13.0 Å². The molecule has 7 nitrogen and oxygen atoms in total. The Labute approximate surface area is 171 Å². The highest BCUT2D eigenvalue weighted by Gasteiger charge is 2.30. The van der Waals surface area contributed by atoms with Gasteiger partial charge in [-0.25, -0.2) is 4.98 Å². The average Bonchev–Trinajstić information content (AvgIpc) is 3.18. The van der Waals surface area contributed by atoms with Crippen LogP contribution in [0.2, 0.25) is 0 Å². The van der Waals surface area contributed by atoms with Crippen LogP contribution in [0.15, 0.2) is 55.2 Å². The Kier molecular flexibility index (Phi) is 5.55. The van der Waals surface area contributed by atoms with E-state index < -0.39 is 0 Å². The van der Waals surface area contributed by atoms with E-state index in [0.29, 0.717) is 6.54 Å². The number of rotatable bonds is 5. The molecule has 4 rings (SSSR count). The van der Waals surface area contributed by atoms with Gasteiger partial charge >= 0.3 is 0 Å². The summed E-state index contributed by atoms with van der Waals surface area (Å²) in [7, 11) is 1.89. The molecule has 7 heteroatoms. The summed E-state index contributed by atoms with van der Waals surface area (Å²) in [5.74, 6) is 1.06. The van der Waals surface area contributed by atoms with E-state index in [0.717, 1.165) is 43.0 Å². The van der Waals surface area contributed by atoms with E-state index in [1.54, 1.807) is 23.3 Å². The molecule has 29 heavy (non-hydrogen) atoms. The quantitative estimate of drug-likeness (QED) is 0.670. The van der Waals surface area contributed by atoms with Crippen LogP contribution in [0.5, 0.6) is 0 Å². The summed E-state index contributed by atoms with van der Waals surface area (Å²) in [5, 5.41) is 4.25. The minimum Gasteiger partial charge on any atom is -0.355 e. The first-order valence-corrected chi connectivity index (χ1v) is 9.96. The van der Waals surface area contributed by atoms with E-state index in [4.69, 9.17) is 0 Å². The molecule has 3 aromatic rings. The van der Waals surface area contributed by atoms with E-state index in [1.807, 2.05) is 36.5 Å². The van der Waals surface area contributed by atoms with Gasteiger partial charge in [-0.1, -0.05) is 17.7 Å². The van der Waals surface area contributed by atoms with Crippen LogP contribution >= 0.6 is 0 Å². The van der Waals surface area contributed by atoms with Gasteiger partial charge in [0.05, 0.1) is 18.9 Å². The number of carbonyl (C=O) groups excluding carboxylic acids is 1. The first-order chi connectivity index (χ1) is 14.1. The van der Waals surface area contributed by atoms with Crippen molar-refractivity contribution < 1.29 is 4.79 Å². The highest BCUT2D eigenvalue weighted by molar-refractivity contribution is 5.95. The summed E-state index contributed by atoms with van der Waals surface area (Å²) in [6.07, 6.45) is 10.6. The number of hydrogen-bond donors (Lipinski definition) is 0.